The Labute approximate surface area is 132 Å². The first-order valence-electron chi connectivity index (χ1n) is 7.52. The zero-order chi connectivity index (χ0) is 15.7. The Bertz CT molecular complexity index is 503. The normalized spacial score (nSPS) is 13.8. The van der Waals surface area contributed by atoms with E-state index in [0.717, 1.165) is 30.0 Å². The second kappa shape index (κ2) is 9.50. The van der Waals surface area contributed by atoms with Crippen LogP contribution in [0.15, 0.2) is 23.1 Å². The monoisotopic (exact) mass is 306 g/mol. The van der Waals surface area contributed by atoms with Gasteiger partial charge in [0.05, 0.1) is 10.7 Å². The molecule has 116 valence electrons. The lowest BCUT2D eigenvalue weighted by molar-refractivity contribution is -0.113. The second-order valence-electron chi connectivity index (χ2n) is 5.66. The van der Waals surface area contributed by atoms with Crippen LogP contribution >= 0.6 is 11.3 Å². The fourth-order valence-electron chi connectivity index (χ4n) is 2.23. The molecule has 1 amide bonds. The average molecular weight is 306 g/mol. The number of allylic oxidation sites excluding steroid dienone is 2. The smallest absolute Gasteiger partial charge is 0.241 e. The van der Waals surface area contributed by atoms with E-state index in [0.29, 0.717) is 5.92 Å². The van der Waals surface area contributed by atoms with Crippen molar-refractivity contribution in [2.24, 2.45) is 11.7 Å². The van der Waals surface area contributed by atoms with Crippen molar-refractivity contribution in [2.75, 3.05) is 0 Å². The highest BCUT2D eigenvalue weighted by Crippen LogP contribution is 2.19. The van der Waals surface area contributed by atoms with E-state index in [1.807, 2.05) is 13.0 Å². The summed E-state index contributed by atoms with van der Waals surface area (Å²) in [5.74, 6) is 0.317. The quantitative estimate of drug-likeness (QED) is 0.684. The minimum absolute atomic E-state index is 0.360. The van der Waals surface area contributed by atoms with Gasteiger partial charge in [-0.25, -0.2) is 4.98 Å². The summed E-state index contributed by atoms with van der Waals surface area (Å²) in [7, 11) is 0. The zero-order valence-electron chi connectivity index (χ0n) is 13.3. The lowest BCUT2D eigenvalue weighted by Gasteiger charge is -2.09. The number of rotatable bonds is 9. The number of amides is 1. The number of hydrogen-bond acceptors (Lipinski definition) is 3. The van der Waals surface area contributed by atoms with Crippen molar-refractivity contribution < 1.29 is 4.79 Å². The van der Waals surface area contributed by atoms with E-state index >= 15 is 0 Å². The number of hydrogen-bond donors (Lipinski definition) is 1. The third kappa shape index (κ3) is 8.45. The van der Waals surface area contributed by atoms with Crippen molar-refractivity contribution in [1.29, 1.82) is 0 Å². The molecule has 1 rings (SSSR count). The molecule has 0 radical (unpaired) electrons. The van der Waals surface area contributed by atoms with Crippen molar-refractivity contribution in [3.05, 3.63) is 33.8 Å². The summed E-state index contributed by atoms with van der Waals surface area (Å²) < 4.78 is 0. The topological polar surface area (TPSA) is 56.0 Å². The molecule has 0 aromatic carbocycles. The highest BCUT2D eigenvalue weighted by Gasteiger charge is 2.02. The summed E-state index contributed by atoms with van der Waals surface area (Å²) in [5, 5.41) is 3.22. The lowest BCUT2D eigenvalue weighted by Crippen LogP contribution is -2.05. The first-order valence-corrected chi connectivity index (χ1v) is 8.40. The van der Waals surface area contributed by atoms with Gasteiger partial charge >= 0.3 is 0 Å². The zero-order valence-corrected chi connectivity index (χ0v) is 14.1. The number of nitrogens with zero attached hydrogens (tertiary/aromatic N) is 1. The van der Waals surface area contributed by atoms with Gasteiger partial charge in [-0.15, -0.1) is 11.3 Å². The predicted molar refractivity (Wildman–Crippen MR) is 91.1 cm³/mol. The van der Waals surface area contributed by atoms with Crippen LogP contribution in [0.2, 0.25) is 0 Å². The molecule has 21 heavy (non-hydrogen) atoms. The molecular weight excluding hydrogens is 280 g/mol. The maximum Gasteiger partial charge on any atom is 0.241 e. The van der Waals surface area contributed by atoms with Gasteiger partial charge < -0.3 is 5.73 Å². The molecule has 1 unspecified atom stereocenters. The van der Waals surface area contributed by atoms with Crippen LogP contribution in [0, 0.1) is 12.8 Å². The summed E-state index contributed by atoms with van der Waals surface area (Å²) >= 11 is 1.69. The van der Waals surface area contributed by atoms with Gasteiger partial charge in [0.15, 0.2) is 0 Å². The van der Waals surface area contributed by atoms with Gasteiger partial charge in [-0.3, -0.25) is 4.79 Å². The average Bonchev–Trinajstić information content (AvgIpc) is 2.80. The Morgan fingerprint density at radius 1 is 1.48 bits per heavy atom. The molecule has 0 aliphatic heterocycles. The number of aryl methyl sites for hydroxylation is 1. The van der Waals surface area contributed by atoms with Crippen molar-refractivity contribution >= 4 is 23.3 Å². The Morgan fingerprint density at radius 2 is 2.24 bits per heavy atom. The first-order chi connectivity index (χ1) is 9.97. The van der Waals surface area contributed by atoms with Crippen LogP contribution in [0.3, 0.4) is 0 Å². The number of primary amides is 1. The highest BCUT2D eigenvalue weighted by molar-refractivity contribution is 7.09. The summed E-state index contributed by atoms with van der Waals surface area (Å²) in [6.45, 7) is 6.47. The van der Waals surface area contributed by atoms with Crippen LogP contribution < -0.4 is 5.73 Å². The number of carbonyl (C=O) groups excluding carboxylic acids is 1. The van der Waals surface area contributed by atoms with Gasteiger partial charge in [-0.2, -0.15) is 0 Å². The van der Waals surface area contributed by atoms with E-state index in [1.165, 1.54) is 24.5 Å². The minimum atomic E-state index is -0.360. The number of thiazole rings is 1. The van der Waals surface area contributed by atoms with Crippen LogP contribution in [-0.2, 0) is 4.79 Å². The fourth-order valence-corrected chi connectivity index (χ4v) is 2.80. The first kappa shape index (κ1) is 17.6. The maximum absolute atomic E-state index is 10.6. The van der Waals surface area contributed by atoms with Crippen LogP contribution in [-0.4, -0.2) is 10.9 Å². The van der Waals surface area contributed by atoms with Crippen LogP contribution in [0.25, 0.3) is 6.08 Å². The number of nitrogens with two attached hydrogens (primary N) is 1. The summed E-state index contributed by atoms with van der Waals surface area (Å²) in [5.41, 5.74) is 7.52. The van der Waals surface area contributed by atoms with Crippen molar-refractivity contribution in [3.8, 4) is 0 Å². The third-order valence-corrected chi connectivity index (χ3v) is 4.20. The van der Waals surface area contributed by atoms with Crippen LogP contribution in [0.4, 0.5) is 0 Å². The third-order valence-electron chi connectivity index (χ3n) is 3.41. The molecule has 0 aliphatic rings. The molecule has 1 heterocycles. The van der Waals surface area contributed by atoms with Crippen molar-refractivity contribution in [2.45, 2.75) is 52.9 Å². The van der Waals surface area contributed by atoms with E-state index in [4.69, 9.17) is 5.73 Å². The Morgan fingerprint density at radius 3 is 2.86 bits per heavy atom. The number of aromatic nitrogens is 1. The van der Waals surface area contributed by atoms with Crippen LogP contribution in [0.5, 0.6) is 0 Å². The molecular formula is C17H26N2OS. The lowest BCUT2D eigenvalue weighted by atomic mass is 9.97. The molecule has 1 aromatic rings. The molecule has 4 heteroatoms. The predicted octanol–water partition coefficient (Wildman–Crippen LogP) is 4.48. The molecule has 0 saturated carbocycles. The van der Waals surface area contributed by atoms with E-state index in [9.17, 15) is 4.79 Å². The summed E-state index contributed by atoms with van der Waals surface area (Å²) in [6, 6.07) is 0. The van der Waals surface area contributed by atoms with E-state index in [2.05, 4.69) is 30.3 Å². The van der Waals surface area contributed by atoms with Gasteiger partial charge in [0.2, 0.25) is 5.91 Å². The summed E-state index contributed by atoms with van der Waals surface area (Å²) in [6.07, 6.45) is 11.1. The molecule has 3 nitrogen and oxygen atoms in total. The summed E-state index contributed by atoms with van der Waals surface area (Å²) in [4.78, 5) is 15.0. The number of carbonyl (C=O) groups is 1. The molecule has 1 aromatic heterocycles. The molecule has 0 spiro atoms. The van der Waals surface area contributed by atoms with Crippen molar-refractivity contribution in [3.63, 3.8) is 0 Å². The van der Waals surface area contributed by atoms with E-state index in [-0.39, 0.29) is 5.91 Å². The van der Waals surface area contributed by atoms with Gasteiger partial charge in [-0.1, -0.05) is 25.0 Å². The largest absolute Gasteiger partial charge is 0.366 e. The van der Waals surface area contributed by atoms with Gasteiger partial charge in [0, 0.05) is 5.38 Å². The van der Waals surface area contributed by atoms with E-state index < -0.39 is 0 Å². The Hall–Kier alpha value is -1.42. The second-order valence-corrected chi connectivity index (χ2v) is 6.72. The molecule has 0 aliphatic carbocycles. The molecule has 2 N–H and O–H groups in total. The minimum Gasteiger partial charge on any atom is -0.366 e. The fraction of sp³-hybridized carbons (Fsp3) is 0.529. The molecule has 1 atom stereocenters. The van der Waals surface area contributed by atoms with Crippen molar-refractivity contribution in [1.82, 2.24) is 4.98 Å². The Kier molecular flexibility index (Phi) is 7.98. The van der Waals surface area contributed by atoms with E-state index in [1.54, 1.807) is 11.3 Å². The highest BCUT2D eigenvalue weighted by atomic mass is 32.1. The van der Waals surface area contributed by atoms with Gasteiger partial charge in [0.1, 0.15) is 0 Å². The van der Waals surface area contributed by atoms with Gasteiger partial charge in [0.25, 0.3) is 0 Å². The molecule has 0 bridgehead atoms. The van der Waals surface area contributed by atoms with Crippen LogP contribution in [0.1, 0.15) is 56.7 Å². The standard InChI is InChI=1S/C17H26N2OS/c1-13(7-4-5-10-17(18)20)8-6-9-14(2)11-16-12-21-15(3)19-16/h5,10-13H,4,6-9H2,1-3H3,(H2,18,20)/b10-5+,14-11+. The van der Waals surface area contributed by atoms with Gasteiger partial charge in [-0.05, 0) is 57.6 Å². The SMILES string of the molecule is C/C(=C\c1csc(C)n1)CCCC(C)CC/C=C/C(N)=O. The Balaban J connectivity index is 2.20. The molecule has 0 saturated heterocycles. The molecule has 0 fully saturated rings. The maximum atomic E-state index is 10.6.